The van der Waals surface area contributed by atoms with Gasteiger partial charge in [0.1, 0.15) is 12.4 Å². The van der Waals surface area contributed by atoms with E-state index in [1.165, 1.54) is 18.3 Å². The minimum atomic E-state index is -4.54. The molecule has 11 heteroatoms. The maximum absolute atomic E-state index is 13.0. The van der Waals surface area contributed by atoms with Gasteiger partial charge in [-0.15, -0.1) is 0 Å². The molecule has 4 rings (SSSR count). The quantitative estimate of drug-likeness (QED) is 0.500. The smallest absolute Gasteiger partial charge is 0.416 e. The number of benzene rings is 2. The number of hydrogen-bond acceptors (Lipinski definition) is 5. The molecule has 1 amide bonds. The minimum absolute atomic E-state index is 0.106. The number of halogens is 4. The fraction of sp³-hybridized carbons (Fsp3) is 0.333. The van der Waals surface area contributed by atoms with E-state index in [0.717, 1.165) is 31.8 Å². The molecule has 2 aromatic carbocycles. The number of morpholine rings is 1. The van der Waals surface area contributed by atoms with Crippen molar-refractivity contribution in [1.82, 2.24) is 14.7 Å². The van der Waals surface area contributed by atoms with Gasteiger partial charge in [0.15, 0.2) is 0 Å². The Labute approximate surface area is 205 Å². The number of carbonyl (C=O) groups is 1. The Bertz CT molecular complexity index is 1170. The molecule has 186 valence electrons. The maximum Gasteiger partial charge on any atom is 0.416 e. The molecule has 0 spiro atoms. The number of alkyl halides is 3. The maximum atomic E-state index is 13.0. The first-order valence-electron chi connectivity index (χ1n) is 11.0. The summed E-state index contributed by atoms with van der Waals surface area (Å²) in [4.78, 5) is 14.9. The van der Waals surface area contributed by atoms with Gasteiger partial charge in [-0.3, -0.25) is 14.4 Å². The van der Waals surface area contributed by atoms with Gasteiger partial charge in [0.05, 0.1) is 35.7 Å². The molecule has 35 heavy (non-hydrogen) atoms. The Hall–Kier alpha value is -3.08. The molecule has 1 fully saturated rings. The van der Waals surface area contributed by atoms with Crippen LogP contribution in [0.5, 0.6) is 5.75 Å². The van der Waals surface area contributed by atoms with E-state index in [0.29, 0.717) is 47.5 Å². The highest BCUT2D eigenvalue weighted by molar-refractivity contribution is 6.33. The van der Waals surface area contributed by atoms with Crippen LogP contribution in [0.1, 0.15) is 15.9 Å². The van der Waals surface area contributed by atoms with E-state index in [2.05, 4.69) is 15.3 Å². The first-order valence-corrected chi connectivity index (χ1v) is 11.3. The molecule has 7 nitrogen and oxygen atoms in total. The highest BCUT2D eigenvalue weighted by Gasteiger charge is 2.31. The van der Waals surface area contributed by atoms with Gasteiger partial charge in [-0.25, -0.2) is 0 Å². The summed E-state index contributed by atoms with van der Waals surface area (Å²) in [5.74, 6) is -0.125. The van der Waals surface area contributed by atoms with Crippen molar-refractivity contribution in [2.75, 3.05) is 44.8 Å². The Morgan fingerprint density at radius 3 is 2.66 bits per heavy atom. The Balaban J connectivity index is 1.56. The van der Waals surface area contributed by atoms with Gasteiger partial charge in [-0.05, 0) is 36.4 Å². The van der Waals surface area contributed by atoms with Gasteiger partial charge in [0.25, 0.3) is 5.91 Å². The van der Waals surface area contributed by atoms with Gasteiger partial charge in [0.2, 0.25) is 0 Å². The number of rotatable bonds is 7. The summed E-state index contributed by atoms with van der Waals surface area (Å²) in [6.45, 7) is 4.20. The largest absolute Gasteiger partial charge is 0.492 e. The molecule has 3 aromatic rings. The average molecular weight is 509 g/mol. The fourth-order valence-corrected chi connectivity index (χ4v) is 4.05. The average Bonchev–Trinajstić information content (AvgIpc) is 3.17. The summed E-state index contributed by atoms with van der Waals surface area (Å²) in [5, 5.41) is 7.22. The van der Waals surface area contributed by atoms with E-state index in [-0.39, 0.29) is 5.56 Å². The number of amides is 1. The second-order valence-electron chi connectivity index (χ2n) is 8.01. The molecule has 2 heterocycles. The summed E-state index contributed by atoms with van der Waals surface area (Å²) in [5.41, 5.74) is 0.560. The number of anilines is 1. The number of nitrogens with zero attached hydrogens (tertiary/aromatic N) is 3. The van der Waals surface area contributed by atoms with Crippen molar-refractivity contribution in [2.45, 2.75) is 6.18 Å². The van der Waals surface area contributed by atoms with Crippen LogP contribution >= 0.6 is 11.6 Å². The predicted molar refractivity (Wildman–Crippen MR) is 126 cm³/mol. The van der Waals surface area contributed by atoms with E-state index in [1.807, 2.05) is 0 Å². The van der Waals surface area contributed by atoms with Gasteiger partial charge in [-0.2, -0.15) is 18.3 Å². The number of hydrogen-bond donors (Lipinski definition) is 1. The summed E-state index contributed by atoms with van der Waals surface area (Å²) in [6, 6.07) is 9.25. The highest BCUT2D eigenvalue weighted by Crippen LogP contribution is 2.37. The zero-order chi connectivity index (χ0) is 25.0. The molecular weight excluding hydrogens is 485 g/mol. The highest BCUT2D eigenvalue weighted by atomic mass is 35.5. The lowest BCUT2D eigenvalue weighted by Crippen LogP contribution is -2.38. The van der Waals surface area contributed by atoms with E-state index in [1.54, 1.807) is 29.9 Å². The van der Waals surface area contributed by atoms with Crippen LogP contribution in [0.4, 0.5) is 18.9 Å². The lowest BCUT2D eigenvalue weighted by atomic mass is 10.1. The third-order valence-corrected chi connectivity index (χ3v) is 5.88. The fourth-order valence-electron chi connectivity index (χ4n) is 3.78. The number of ether oxygens (including phenoxy) is 2. The van der Waals surface area contributed by atoms with Crippen LogP contribution in [0.15, 0.2) is 48.7 Å². The third kappa shape index (κ3) is 6.14. The van der Waals surface area contributed by atoms with Crippen LogP contribution < -0.4 is 10.1 Å². The molecule has 1 aromatic heterocycles. The number of nitrogens with one attached hydrogen (secondary N) is 1. The molecule has 1 aliphatic heterocycles. The first kappa shape index (κ1) is 25.0. The van der Waals surface area contributed by atoms with Crippen molar-refractivity contribution in [1.29, 1.82) is 0 Å². The van der Waals surface area contributed by atoms with Crippen molar-refractivity contribution in [3.63, 3.8) is 0 Å². The van der Waals surface area contributed by atoms with Crippen molar-refractivity contribution in [3.8, 4) is 17.0 Å². The molecule has 0 radical (unpaired) electrons. The molecule has 1 saturated heterocycles. The van der Waals surface area contributed by atoms with Gasteiger partial charge < -0.3 is 14.8 Å². The molecule has 0 aliphatic carbocycles. The number of carbonyl (C=O) groups excluding carboxylic acids is 1. The molecule has 1 N–H and O–H groups in total. The van der Waals surface area contributed by atoms with E-state index in [9.17, 15) is 18.0 Å². The normalized spacial score (nSPS) is 14.7. The first-order chi connectivity index (χ1) is 16.7. The predicted octanol–water partition coefficient (Wildman–Crippen LogP) is 4.72. The van der Waals surface area contributed by atoms with E-state index < -0.39 is 17.6 Å². The number of aryl methyl sites for hydroxylation is 1. The van der Waals surface area contributed by atoms with Gasteiger partial charge in [0, 0.05) is 43.5 Å². The van der Waals surface area contributed by atoms with Crippen LogP contribution in [0.3, 0.4) is 0 Å². The SMILES string of the molecule is Cn1ncc(Cl)c1-c1cc(NC(=O)c2cccc(C(F)(F)F)c2)ccc1OCCN1CCOCC1. The van der Waals surface area contributed by atoms with Crippen LogP contribution in [-0.2, 0) is 18.0 Å². The zero-order valence-corrected chi connectivity index (χ0v) is 19.7. The summed E-state index contributed by atoms with van der Waals surface area (Å²) in [6.07, 6.45) is -3.04. The van der Waals surface area contributed by atoms with E-state index in [4.69, 9.17) is 21.1 Å². The van der Waals surface area contributed by atoms with Crippen molar-refractivity contribution >= 4 is 23.2 Å². The van der Waals surface area contributed by atoms with Crippen LogP contribution in [0.2, 0.25) is 5.02 Å². The Morgan fingerprint density at radius 2 is 1.97 bits per heavy atom. The van der Waals surface area contributed by atoms with Gasteiger partial charge >= 0.3 is 6.18 Å². The molecule has 0 atom stereocenters. The zero-order valence-electron chi connectivity index (χ0n) is 18.9. The molecule has 0 saturated carbocycles. The summed E-state index contributed by atoms with van der Waals surface area (Å²) < 4.78 is 52.1. The lowest BCUT2D eigenvalue weighted by molar-refractivity contribution is -0.137. The second kappa shape index (κ2) is 10.7. The summed E-state index contributed by atoms with van der Waals surface area (Å²) in [7, 11) is 1.73. The Kier molecular flexibility index (Phi) is 7.63. The lowest BCUT2D eigenvalue weighted by Gasteiger charge is -2.26. The van der Waals surface area contributed by atoms with Crippen molar-refractivity contribution in [3.05, 3.63) is 64.8 Å². The second-order valence-corrected chi connectivity index (χ2v) is 8.42. The number of aromatic nitrogens is 2. The minimum Gasteiger partial charge on any atom is -0.492 e. The molecule has 0 bridgehead atoms. The van der Waals surface area contributed by atoms with Crippen LogP contribution in [0, 0.1) is 0 Å². The topological polar surface area (TPSA) is 68.6 Å². The molecule has 0 unspecified atom stereocenters. The van der Waals surface area contributed by atoms with E-state index >= 15 is 0 Å². The summed E-state index contributed by atoms with van der Waals surface area (Å²) >= 11 is 6.37. The standard InChI is InChI=1S/C24H24ClF3N4O3/c1-31-22(20(25)15-29-31)19-14-18(5-6-21(19)35-12-9-32-7-10-34-11-8-32)30-23(33)16-3-2-4-17(13-16)24(26,27)28/h2-6,13-15H,7-12H2,1H3,(H,30,33). The molecular formula is C24H24ClF3N4O3. The van der Waals surface area contributed by atoms with Crippen LogP contribution in [-0.4, -0.2) is 60.0 Å². The third-order valence-electron chi connectivity index (χ3n) is 5.61. The molecule has 1 aliphatic rings. The monoisotopic (exact) mass is 508 g/mol. The van der Waals surface area contributed by atoms with Crippen molar-refractivity contribution < 1.29 is 27.4 Å². The van der Waals surface area contributed by atoms with Crippen LogP contribution in [0.25, 0.3) is 11.3 Å². The van der Waals surface area contributed by atoms with Gasteiger partial charge in [-0.1, -0.05) is 17.7 Å². The Morgan fingerprint density at radius 1 is 1.20 bits per heavy atom. The van der Waals surface area contributed by atoms with Crippen molar-refractivity contribution in [2.24, 2.45) is 7.05 Å².